The number of carbonyl (C=O) groups excluding carboxylic acids is 1. The van der Waals surface area contributed by atoms with Gasteiger partial charge in [-0.1, -0.05) is 17.7 Å². The lowest BCUT2D eigenvalue weighted by atomic mass is 10.1. The minimum absolute atomic E-state index is 0.111. The maximum absolute atomic E-state index is 11.6. The molecule has 2 N–H and O–H groups in total. The van der Waals surface area contributed by atoms with Crippen LogP contribution >= 0.6 is 11.6 Å². The summed E-state index contributed by atoms with van der Waals surface area (Å²) in [6, 6.07) is 6.76. The Morgan fingerprint density at radius 2 is 2.17 bits per heavy atom. The van der Waals surface area contributed by atoms with Gasteiger partial charge in [-0.2, -0.15) is 0 Å². The van der Waals surface area contributed by atoms with E-state index in [0.717, 1.165) is 30.7 Å². The van der Waals surface area contributed by atoms with Gasteiger partial charge in [-0.15, -0.1) is 0 Å². The summed E-state index contributed by atoms with van der Waals surface area (Å²) in [6.45, 7) is 0.406. The fraction of sp³-hybridized carbons (Fsp3) is 0.500. The topological polar surface area (TPSA) is 41.1 Å². The van der Waals surface area contributed by atoms with Crippen LogP contribution < -0.4 is 10.6 Å². The van der Waals surface area contributed by atoms with Crippen LogP contribution in [0.5, 0.6) is 0 Å². The molecule has 4 heteroatoms. The number of carbonyl (C=O) groups is 1. The number of rotatable bonds is 4. The molecular weight excluding hydrogens is 248 g/mol. The maximum atomic E-state index is 11.6. The summed E-state index contributed by atoms with van der Waals surface area (Å²) in [5.41, 5.74) is 2.60. The quantitative estimate of drug-likeness (QED) is 0.875. The molecule has 3 nitrogen and oxygen atoms in total. The molecule has 18 heavy (non-hydrogen) atoms. The van der Waals surface area contributed by atoms with Crippen LogP contribution in [0.25, 0.3) is 0 Å². The van der Waals surface area contributed by atoms with E-state index >= 15 is 0 Å². The molecule has 0 spiro atoms. The first-order chi connectivity index (χ1) is 8.72. The summed E-state index contributed by atoms with van der Waals surface area (Å²) >= 11 is 5.98. The van der Waals surface area contributed by atoms with Crippen LogP contribution in [-0.2, 0) is 11.2 Å². The van der Waals surface area contributed by atoms with Crippen molar-refractivity contribution in [1.82, 2.24) is 10.6 Å². The first kappa shape index (κ1) is 12.0. The van der Waals surface area contributed by atoms with E-state index in [1.807, 2.05) is 12.1 Å². The van der Waals surface area contributed by atoms with Gasteiger partial charge < -0.3 is 10.6 Å². The van der Waals surface area contributed by atoms with Gasteiger partial charge in [0.1, 0.15) is 0 Å². The van der Waals surface area contributed by atoms with Crippen molar-refractivity contribution in [2.24, 2.45) is 0 Å². The minimum atomic E-state index is 0.111. The Labute approximate surface area is 112 Å². The number of hydrogen-bond donors (Lipinski definition) is 2. The number of aryl methyl sites for hydroxylation is 1. The summed E-state index contributed by atoms with van der Waals surface area (Å²) in [5.74, 6) is 0.111. The van der Waals surface area contributed by atoms with Crippen LogP contribution in [0.3, 0.4) is 0 Å². The Bertz CT molecular complexity index is 471. The zero-order chi connectivity index (χ0) is 12.5. The molecule has 0 saturated heterocycles. The third-order valence-corrected chi connectivity index (χ3v) is 3.87. The Morgan fingerprint density at radius 1 is 1.33 bits per heavy atom. The molecule has 0 radical (unpaired) electrons. The van der Waals surface area contributed by atoms with Crippen LogP contribution in [0.2, 0.25) is 5.02 Å². The van der Waals surface area contributed by atoms with E-state index in [0.29, 0.717) is 18.6 Å². The number of benzene rings is 1. The molecule has 2 aliphatic rings. The van der Waals surface area contributed by atoms with Gasteiger partial charge in [0, 0.05) is 17.1 Å². The standard InChI is InChI=1S/C14H17ClN2O/c15-10-2-5-12-9(7-10)1-6-13(12)16-8-14(18)17-11-3-4-11/h2,5,7,11,13,16H,1,3-4,6,8H2,(H,17,18). The van der Waals surface area contributed by atoms with Gasteiger partial charge in [0.05, 0.1) is 6.54 Å². The summed E-state index contributed by atoms with van der Waals surface area (Å²) in [5, 5.41) is 7.12. The number of amides is 1. The molecule has 1 saturated carbocycles. The summed E-state index contributed by atoms with van der Waals surface area (Å²) in [4.78, 5) is 11.6. The van der Waals surface area contributed by atoms with Gasteiger partial charge in [0.15, 0.2) is 0 Å². The first-order valence-corrected chi connectivity index (χ1v) is 6.91. The predicted molar refractivity (Wildman–Crippen MR) is 71.7 cm³/mol. The molecule has 0 bridgehead atoms. The molecule has 3 rings (SSSR count). The monoisotopic (exact) mass is 264 g/mol. The van der Waals surface area contributed by atoms with Gasteiger partial charge >= 0.3 is 0 Å². The van der Waals surface area contributed by atoms with E-state index in [1.54, 1.807) is 0 Å². The lowest BCUT2D eigenvalue weighted by molar-refractivity contribution is -0.120. The molecule has 1 unspecified atom stereocenters. The van der Waals surface area contributed by atoms with Gasteiger partial charge in [0.2, 0.25) is 5.91 Å². The molecule has 1 aromatic carbocycles. The first-order valence-electron chi connectivity index (χ1n) is 6.53. The molecule has 2 aliphatic carbocycles. The molecule has 1 amide bonds. The average Bonchev–Trinajstić information content (AvgIpc) is 3.06. The molecule has 0 aliphatic heterocycles. The highest BCUT2D eigenvalue weighted by atomic mass is 35.5. The summed E-state index contributed by atoms with van der Waals surface area (Å²) in [7, 11) is 0. The largest absolute Gasteiger partial charge is 0.352 e. The lowest BCUT2D eigenvalue weighted by Crippen LogP contribution is -2.36. The van der Waals surface area contributed by atoms with Crippen molar-refractivity contribution in [3.63, 3.8) is 0 Å². The number of hydrogen-bond acceptors (Lipinski definition) is 2. The Kier molecular flexibility index (Phi) is 3.27. The van der Waals surface area contributed by atoms with Crippen molar-refractivity contribution in [2.75, 3.05) is 6.54 Å². The lowest BCUT2D eigenvalue weighted by Gasteiger charge is -2.14. The van der Waals surface area contributed by atoms with E-state index in [9.17, 15) is 4.79 Å². The molecule has 96 valence electrons. The Morgan fingerprint density at radius 3 is 2.94 bits per heavy atom. The molecule has 0 heterocycles. The maximum Gasteiger partial charge on any atom is 0.234 e. The second kappa shape index (κ2) is 4.90. The van der Waals surface area contributed by atoms with Crippen LogP contribution in [0.4, 0.5) is 0 Å². The SMILES string of the molecule is O=C(CNC1CCc2cc(Cl)ccc21)NC1CC1. The average molecular weight is 265 g/mol. The Hall–Kier alpha value is -1.06. The fourth-order valence-electron chi connectivity index (χ4n) is 2.52. The molecular formula is C14H17ClN2O. The van der Waals surface area contributed by atoms with Gasteiger partial charge in [0.25, 0.3) is 0 Å². The highest BCUT2D eigenvalue weighted by Crippen LogP contribution is 2.32. The fourth-order valence-corrected chi connectivity index (χ4v) is 2.72. The van der Waals surface area contributed by atoms with Crippen molar-refractivity contribution in [3.05, 3.63) is 34.3 Å². The van der Waals surface area contributed by atoms with Crippen LogP contribution in [0, 0.1) is 0 Å². The van der Waals surface area contributed by atoms with Crippen molar-refractivity contribution >= 4 is 17.5 Å². The van der Waals surface area contributed by atoms with Crippen molar-refractivity contribution in [2.45, 2.75) is 37.8 Å². The zero-order valence-corrected chi connectivity index (χ0v) is 11.0. The zero-order valence-electron chi connectivity index (χ0n) is 10.2. The van der Waals surface area contributed by atoms with Gasteiger partial charge in [-0.3, -0.25) is 4.79 Å². The smallest absolute Gasteiger partial charge is 0.234 e. The van der Waals surface area contributed by atoms with Crippen LogP contribution in [0.1, 0.15) is 36.4 Å². The number of nitrogens with one attached hydrogen (secondary N) is 2. The molecule has 1 aromatic rings. The number of fused-ring (bicyclic) bond motifs is 1. The molecule has 1 atom stereocenters. The highest BCUT2D eigenvalue weighted by Gasteiger charge is 2.25. The van der Waals surface area contributed by atoms with Gasteiger partial charge in [-0.25, -0.2) is 0 Å². The summed E-state index contributed by atoms with van der Waals surface area (Å²) in [6.07, 6.45) is 4.36. The van der Waals surface area contributed by atoms with E-state index in [1.165, 1.54) is 11.1 Å². The minimum Gasteiger partial charge on any atom is -0.352 e. The second-order valence-corrected chi connectivity index (χ2v) is 5.59. The Balaban J connectivity index is 1.57. The van der Waals surface area contributed by atoms with Crippen molar-refractivity contribution in [3.8, 4) is 0 Å². The van der Waals surface area contributed by atoms with Crippen molar-refractivity contribution < 1.29 is 4.79 Å². The van der Waals surface area contributed by atoms with Gasteiger partial charge in [-0.05, 0) is 48.9 Å². The predicted octanol–water partition coefficient (Wildman–Crippen LogP) is 2.20. The van der Waals surface area contributed by atoms with E-state index in [4.69, 9.17) is 11.6 Å². The molecule has 0 aromatic heterocycles. The second-order valence-electron chi connectivity index (χ2n) is 5.16. The third kappa shape index (κ3) is 2.68. The highest BCUT2D eigenvalue weighted by molar-refractivity contribution is 6.30. The van der Waals surface area contributed by atoms with Crippen LogP contribution in [-0.4, -0.2) is 18.5 Å². The van der Waals surface area contributed by atoms with E-state index in [2.05, 4.69) is 16.7 Å². The van der Waals surface area contributed by atoms with E-state index < -0.39 is 0 Å². The van der Waals surface area contributed by atoms with Crippen LogP contribution in [0.15, 0.2) is 18.2 Å². The van der Waals surface area contributed by atoms with E-state index in [-0.39, 0.29) is 5.91 Å². The normalized spacial score (nSPS) is 21.7. The summed E-state index contributed by atoms with van der Waals surface area (Å²) < 4.78 is 0. The van der Waals surface area contributed by atoms with Crippen molar-refractivity contribution in [1.29, 1.82) is 0 Å². The number of halogens is 1. The third-order valence-electron chi connectivity index (χ3n) is 3.63. The molecule has 1 fully saturated rings.